The van der Waals surface area contributed by atoms with Crippen LogP contribution in [0.3, 0.4) is 0 Å². The van der Waals surface area contributed by atoms with Crippen LogP contribution < -0.4 is 10.9 Å². The molecular formula is C25H26N4O4S. The smallest absolute Gasteiger partial charge is 0.341 e. The zero-order valence-corrected chi connectivity index (χ0v) is 20.6. The minimum Gasteiger partial charge on any atom is -0.465 e. The summed E-state index contributed by atoms with van der Waals surface area (Å²) in [5.41, 5.74) is 4.08. The van der Waals surface area contributed by atoms with Crippen LogP contribution in [0.5, 0.6) is 0 Å². The third-order valence-corrected chi connectivity index (χ3v) is 7.01. The average molecular weight is 479 g/mol. The van der Waals surface area contributed by atoms with E-state index in [9.17, 15) is 14.4 Å². The quantitative estimate of drug-likeness (QED) is 0.417. The first kappa shape index (κ1) is 23.4. The van der Waals surface area contributed by atoms with Gasteiger partial charge in [0.1, 0.15) is 10.6 Å². The van der Waals surface area contributed by atoms with Gasteiger partial charge in [-0.1, -0.05) is 18.2 Å². The van der Waals surface area contributed by atoms with E-state index in [0.717, 1.165) is 32.8 Å². The van der Waals surface area contributed by atoms with Crippen molar-refractivity contribution in [2.24, 2.45) is 0 Å². The number of hydrogen-bond acceptors (Lipinski definition) is 6. The second kappa shape index (κ2) is 9.26. The molecule has 1 amide bonds. The van der Waals surface area contributed by atoms with Gasteiger partial charge in [0, 0.05) is 29.3 Å². The Morgan fingerprint density at radius 1 is 1.12 bits per heavy atom. The molecule has 34 heavy (non-hydrogen) atoms. The van der Waals surface area contributed by atoms with Crippen LogP contribution in [0.25, 0.3) is 16.7 Å². The lowest BCUT2D eigenvalue weighted by molar-refractivity contribution is -0.116. The fraction of sp³-hybridized carbons (Fsp3) is 0.280. The molecule has 0 fully saturated rings. The lowest BCUT2D eigenvalue weighted by atomic mass is 10.1. The summed E-state index contributed by atoms with van der Waals surface area (Å²) in [5, 5.41) is 8.85. The van der Waals surface area contributed by atoms with Gasteiger partial charge in [0.05, 0.1) is 24.1 Å². The summed E-state index contributed by atoms with van der Waals surface area (Å²) in [6, 6.07) is 11.2. The number of rotatable bonds is 6. The van der Waals surface area contributed by atoms with Crippen molar-refractivity contribution in [1.82, 2.24) is 14.3 Å². The molecule has 9 heteroatoms. The summed E-state index contributed by atoms with van der Waals surface area (Å²) in [6.07, 6.45) is 0.0493. The number of anilines is 1. The zero-order chi connectivity index (χ0) is 24.6. The maximum atomic E-state index is 13.0. The Morgan fingerprint density at radius 2 is 1.82 bits per heavy atom. The van der Waals surface area contributed by atoms with Gasteiger partial charge in [0.25, 0.3) is 5.56 Å². The van der Waals surface area contributed by atoms with Gasteiger partial charge in [0.15, 0.2) is 0 Å². The van der Waals surface area contributed by atoms with E-state index >= 15 is 0 Å². The van der Waals surface area contributed by atoms with E-state index in [2.05, 4.69) is 10.4 Å². The molecule has 4 aromatic rings. The molecule has 3 aromatic heterocycles. The summed E-state index contributed by atoms with van der Waals surface area (Å²) in [5.74, 6) is -0.787. The van der Waals surface area contributed by atoms with Crippen molar-refractivity contribution < 1.29 is 14.3 Å². The zero-order valence-electron chi connectivity index (χ0n) is 19.8. The number of fused-ring (bicyclic) bond motifs is 1. The maximum Gasteiger partial charge on any atom is 0.341 e. The van der Waals surface area contributed by atoms with Gasteiger partial charge >= 0.3 is 5.97 Å². The van der Waals surface area contributed by atoms with E-state index in [1.54, 1.807) is 15.3 Å². The number of aryl methyl sites for hydroxylation is 4. The molecule has 176 valence electrons. The van der Waals surface area contributed by atoms with Crippen molar-refractivity contribution in [2.45, 2.75) is 40.7 Å². The molecule has 0 aliphatic carbocycles. The van der Waals surface area contributed by atoms with Gasteiger partial charge in [-0.2, -0.15) is 5.10 Å². The van der Waals surface area contributed by atoms with E-state index in [-0.39, 0.29) is 24.4 Å². The summed E-state index contributed by atoms with van der Waals surface area (Å²) < 4.78 is 8.21. The van der Waals surface area contributed by atoms with Crippen LogP contribution in [0.15, 0.2) is 41.2 Å². The Kier molecular flexibility index (Phi) is 6.39. The molecule has 0 aliphatic heterocycles. The van der Waals surface area contributed by atoms with E-state index in [1.165, 1.54) is 18.4 Å². The lowest BCUT2D eigenvalue weighted by Gasteiger charge is -2.12. The first-order valence-corrected chi connectivity index (χ1v) is 11.7. The number of nitrogens with one attached hydrogen (secondary N) is 1. The molecule has 1 N–H and O–H groups in total. The number of benzene rings is 1. The summed E-state index contributed by atoms with van der Waals surface area (Å²) in [4.78, 5) is 39.0. The molecular weight excluding hydrogens is 452 g/mol. The van der Waals surface area contributed by atoms with Gasteiger partial charge < -0.3 is 10.1 Å². The van der Waals surface area contributed by atoms with Crippen molar-refractivity contribution in [3.63, 3.8) is 0 Å². The Labute approximate surface area is 200 Å². The normalized spacial score (nSPS) is 11.1. The number of amides is 1. The molecule has 0 spiro atoms. The number of pyridine rings is 1. The van der Waals surface area contributed by atoms with E-state index in [4.69, 9.17) is 4.74 Å². The number of ether oxygens (including phenoxy) is 1. The van der Waals surface area contributed by atoms with Crippen molar-refractivity contribution >= 4 is 39.2 Å². The van der Waals surface area contributed by atoms with Crippen LogP contribution in [0.1, 0.15) is 38.5 Å². The minimum absolute atomic E-state index is 0.0493. The van der Waals surface area contributed by atoms with E-state index in [0.29, 0.717) is 16.2 Å². The van der Waals surface area contributed by atoms with Crippen LogP contribution in [0, 0.1) is 27.7 Å². The molecule has 0 radical (unpaired) electrons. The Balaban J connectivity index is 1.68. The highest BCUT2D eigenvalue weighted by Crippen LogP contribution is 2.33. The highest BCUT2D eigenvalue weighted by atomic mass is 32.1. The van der Waals surface area contributed by atoms with Gasteiger partial charge in [0.2, 0.25) is 5.91 Å². The average Bonchev–Trinajstić information content (AvgIpc) is 3.30. The number of carbonyl (C=O) groups is 2. The van der Waals surface area contributed by atoms with Crippen LogP contribution in [-0.2, 0) is 16.1 Å². The number of para-hydroxylation sites is 1. The minimum atomic E-state index is -0.490. The van der Waals surface area contributed by atoms with Crippen molar-refractivity contribution in [3.05, 3.63) is 74.0 Å². The molecule has 3 heterocycles. The number of nitrogens with zero attached hydrogens (tertiary/aromatic N) is 3. The second-order valence-corrected chi connectivity index (χ2v) is 9.35. The highest BCUT2D eigenvalue weighted by molar-refractivity contribution is 7.16. The highest BCUT2D eigenvalue weighted by Gasteiger charge is 2.22. The number of esters is 1. The largest absolute Gasteiger partial charge is 0.465 e. The number of methoxy groups -OCH3 is 1. The maximum absolute atomic E-state index is 13.0. The van der Waals surface area contributed by atoms with Crippen LogP contribution >= 0.6 is 11.3 Å². The molecule has 8 nitrogen and oxygen atoms in total. The van der Waals surface area contributed by atoms with Gasteiger partial charge in [-0.25, -0.2) is 9.48 Å². The monoisotopic (exact) mass is 478 g/mol. The third-order valence-electron chi connectivity index (χ3n) is 5.88. The lowest BCUT2D eigenvalue weighted by Crippen LogP contribution is -2.25. The molecule has 4 rings (SSSR count). The van der Waals surface area contributed by atoms with Crippen LogP contribution in [-0.4, -0.2) is 33.3 Å². The Hall–Kier alpha value is -3.72. The summed E-state index contributed by atoms with van der Waals surface area (Å²) in [6.45, 7) is 7.67. The van der Waals surface area contributed by atoms with E-state index < -0.39 is 5.97 Å². The molecule has 1 aromatic carbocycles. The molecule has 0 unspecified atom stereocenters. The first-order valence-electron chi connectivity index (χ1n) is 10.9. The molecule has 0 saturated carbocycles. The van der Waals surface area contributed by atoms with Gasteiger partial charge in [-0.05, 0) is 51.0 Å². The molecule has 0 aliphatic rings. The molecule has 0 bridgehead atoms. The Bertz CT molecular complexity index is 1460. The Morgan fingerprint density at radius 3 is 2.50 bits per heavy atom. The number of hydrogen-bond donors (Lipinski definition) is 1. The topological polar surface area (TPSA) is 95.2 Å². The first-order chi connectivity index (χ1) is 16.2. The van der Waals surface area contributed by atoms with E-state index in [1.807, 2.05) is 58.0 Å². The van der Waals surface area contributed by atoms with Crippen molar-refractivity contribution in [1.29, 1.82) is 0 Å². The fourth-order valence-electron chi connectivity index (χ4n) is 4.10. The number of thiophene rings is 1. The fourth-order valence-corrected chi connectivity index (χ4v) is 5.16. The van der Waals surface area contributed by atoms with Crippen LogP contribution in [0.4, 0.5) is 5.00 Å². The van der Waals surface area contributed by atoms with Gasteiger partial charge in [-0.15, -0.1) is 11.3 Å². The number of aromatic nitrogens is 3. The third kappa shape index (κ3) is 4.14. The SMILES string of the molecule is COC(=O)c1c(NC(=O)CCn2c(=O)cc(C)c3c(C)nn(-c4ccccc4)c32)sc(C)c1C. The predicted octanol–water partition coefficient (Wildman–Crippen LogP) is 4.30. The number of carbonyl (C=O) groups excluding carboxylic acids is 2. The predicted molar refractivity (Wildman–Crippen MR) is 133 cm³/mol. The summed E-state index contributed by atoms with van der Waals surface area (Å²) in [7, 11) is 1.31. The van der Waals surface area contributed by atoms with Gasteiger partial charge in [-0.3, -0.25) is 14.2 Å². The van der Waals surface area contributed by atoms with Crippen molar-refractivity contribution in [2.75, 3.05) is 12.4 Å². The second-order valence-electron chi connectivity index (χ2n) is 8.13. The molecule has 0 saturated heterocycles. The van der Waals surface area contributed by atoms with Crippen LogP contribution in [0.2, 0.25) is 0 Å². The van der Waals surface area contributed by atoms with Crippen molar-refractivity contribution in [3.8, 4) is 5.69 Å². The summed E-state index contributed by atoms with van der Waals surface area (Å²) >= 11 is 1.33. The standard InChI is InChI=1S/C25H26N4O4S/c1-14-13-20(31)28(24-21(14)16(3)27-29(24)18-9-7-6-8-10-18)12-11-19(30)26-23-22(25(32)33-5)15(2)17(4)34-23/h6-10,13H,11-12H2,1-5H3,(H,26,30). The molecule has 0 atom stereocenters.